The molecule has 2 rings (SSSR count). The molecule has 0 radical (unpaired) electrons. The van der Waals surface area contributed by atoms with E-state index in [1.54, 1.807) is 23.5 Å². The van der Waals surface area contributed by atoms with Gasteiger partial charge in [0.15, 0.2) is 0 Å². The molecule has 2 aromatic rings. The van der Waals surface area contributed by atoms with Crippen LogP contribution >= 0.6 is 43.2 Å². The molecule has 0 spiro atoms. The van der Waals surface area contributed by atoms with Crippen molar-refractivity contribution in [3.63, 3.8) is 0 Å². The number of halogens is 4. The van der Waals surface area contributed by atoms with Crippen molar-refractivity contribution in [2.75, 3.05) is 6.54 Å². The van der Waals surface area contributed by atoms with E-state index in [0.29, 0.717) is 0 Å². The molecule has 0 fully saturated rings. The van der Waals surface area contributed by atoms with Crippen molar-refractivity contribution in [2.24, 2.45) is 0 Å². The zero-order valence-corrected chi connectivity index (χ0v) is 15.1. The smallest absolute Gasteiger partial charge is 0.387 e. The van der Waals surface area contributed by atoms with Gasteiger partial charge < -0.3 is 10.1 Å². The van der Waals surface area contributed by atoms with Crippen molar-refractivity contribution < 1.29 is 13.5 Å². The molecule has 0 aliphatic carbocycles. The summed E-state index contributed by atoms with van der Waals surface area (Å²) in [5.74, 6) is 0.167. The van der Waals surface area contributed by atoms with Crippen LogP contribution in [0.1, 0.15) is 23.4 Å². The van der Waals surface area contributed by atoms with Crippen LogP contribution in [0.4, 0.5) is 8.78 Å². The number of benzene rings is 1. The number of hydrogen-bond acceptors (Lipinski definition) is 3. The van der Waals surface area contributed by atoms with Gasteiger partial charge in [0.1, 0.15) is 5.75 Å². The van der Waals surface area contributed by atoms with Crippen LogP contribution in [0.2, 0.25) is 0 Å². The average Bonchev–Trinajstić information content (AvgIpc) is 2.75. The van der Waals surface area contributed by atoms with E-state index in [1.165, 1.54) is 6.07 Å². The van der Waals surface area contributed by atoms with Crippen molar-refractivity contribution in [2.45, 2.75) is 19.6 Å². The molecule has 21 heavy (non-hydrogen) atoms. The van der Waals surface area contributed by atoms with E-state index in [1.807, 2.05) is 19.1 Å². The molecule has 1 unspecified atom stereocenters. The highest BCUT2D eigenvalue weighted by atomic mass is 79.9. The Bertz CT molecular complexity index is 587. The van der Waals surface area contributed by atoms with Gasteiger partial charge in [0.2, 0.25) is 0 Å². The molecule has 0 saturated carbocycles. The number of ether oxygens (including phenoxy) is 1. The molecule has 0 saturated heterocycles. The Labute approximate surface area is 142 Å². The van der Waals surface area contributed by atoms with E-state index in [0.717, 1.165) is 25.2 Å². The number of nitrogens with one attached hydrogen (secondary N) is 1. The molecule has 1 aromatic heterocycles. The Kier molecular flexibility index (Phi) is 6.16. The first-order valence-corrected chi connectivity index (χ1v) is 8.64. The molecule has 1 N–H and O–H groups in total. The van der Waals surface area contributed by atoms with E-state index in [2.05, 4.69) is 41.9 Å². The first-order valence-electron chi connectivity index (χ1n) is 6.24. The second kappa shape index (κ2) is 7.67. The minimum absolute atomic E-state index is 0.0659. The molecule has 114 valence electrons. The third-order valence-corrected chi connectivity index (χ3v) is 6.09. The molecular weight excluding hydrogens is 428 g/mol. The monoisotopic (exact) mass is 439 g/mol. The van der Waals surface area contributed by atoms with Crippen molar-refractivity contribution >= 4 is 43.2 Å². The van der Waals surface area contributed by atoms with Gasteiger partial charge in [-0.05, 0) is 62.2 Å². The first-order chi connectivity index (χ1) is 10.0. The molecule has 0 aliphatic rings. The minimum atomic E-state index is -2.82. The van der Waals surface area contributed by atoms with Crippen LogP contribution in [0, 0.1) is 0 Å². The van der Waals surface area contributed by atoms with Crippen molar-refractivity contribution in [1.29, 1.82) is 0 Å². The van der Waals surface area contributed by atoms with Crippen LogP contribution in [-0.2, 0) is 0 Å². The molecule has 1 heterocycles. The fraction of sp³-hybridized carbons (Fsp3) is 0.286. The quantitative estimate of drug-likeness (QED) is 0.633. The number of rotatable bonds is 6. The van der Waals surface area contributed by atoms with Gasteiger partial charge >= 0.3 is 6.61 Å². The summed E-state index contributed by atoms with van der Waals surface area (Å²) in [5, 5.41) is 3.36. The van der Waals surface area contributed by atoms with Gasteiger partial charge in [-0.15, -0.1) is 11.3 Å². The summed E-state index contributed by atoms with van der Waals surface area (Å²) in [7, 11) is 0. The molecule has 7 heteroatoms. The van der Waals surface area contributed by atoms with E-state index in [4.69, 9.17) is 0 Å². The fourth-order valence-electron chi connectivity index (χ4n) is 1.96. The maximum Gasteiger partial charge on any atom is 0.387 e. The number of hydrogen-bond donors (Lipinski definition) is 1. The average molecular weight is 441 g/mol. The fourth-order valence-corrected chi connectivity index (χ4v) is 4.16. The third-order valence-electron chi connectivity index (χ3n) is 2.77. The van der Waals surface area contributed by atoms with E-state index in [9.17, 15) is 8.78 Å². The second-order valence-corrected chi connectivity index (χ2v) is 7.47. The zero-order chi connectivity index (χ0) is 15.4. The second-order valence-electron chi connectivity index (χ2n) is 4.21. The lowest BCUT2D eigenvalue weighted by Gasteiger charge is -2.18. The topological polar surface area (TPSA) is 21.3 Å². The van der Waals surface area contributed by atoms with Crippen LogP contribution in [0.3, 0.4) is 0 Å². The van der Waals surface area contributed by atoms with Gasteiger partial charge in [0, 0.05) is 9.35 Å². The van der Waals surface area contributed by atoms with Crippen LogP contribution in [-0.4, -0.2) is 13.2 Å². The lowest BCUT2D eigenvalue weighted by atomic mass is 10.1. The van der Waals surface area contributed by atoms with Gasteiger partial charge in [-0.2, -0.15) is 8.78 Å². The normalized spacial score (nSPS) is 12.7. The molecule has 2 nitrogen and oxygen atoms in total. The highest BCUT2D eigenvalue weighted by Crippen LogP contribution is 2.38. The van der Waals surface area contributed by atoms with E-state index >= 15 is 0 Å². The molecular formula is C14H13Br2F2NOS. The molecule has 1 atom stereocenters. The largest absolute Gasteiger partial charge is 0.435 e. The van der Waals surface area contributed by atoms with Gasteiger partial charge in [-0.1, -0.05) is 19.1 Å². The summed E-state index contributed by atoms with van der Waals surface area (Å²) in [6.45, 7) is -0.0510. The number of alkyl halides is 2. The molecule has 1 aromatic carbocycles. The van der Waals surface area contributed by atoms with E-state index in [-0.39, 0.29) is 11.8 Å². The summed E-state index contributed by atoms with van der Waals surface area (Å²) < 4.78 is 31.1. The Hall–Kier alpha value is -0.500. The highest BCUT2D eigenvalue weighted by Gasteiger charge is 2.18. The maximum absolute atomic E-state index is 12.3. The van der Waals surface area contributed by atoms with Crippen LogP contribution in [0.5, 0.6) is 5.75 Å². The van der Waals surface area contributed by atoms with Gasteiger partial charge in [-0.3, -0.25) is 0 Å². The SMILES string of the molecule is CCNC(c1cccc(OC(F)F)c1)c1cc(Br)c(Br)s1. The van der Waals surface area contributed by atoms with Gasteiger partial charge in [-0.25, -0.2) is 0 Å². The van der Waals surface area contributed by atoms with Gasteiger partial charge in [0.25, 0.3) is 0 Å². The molecule has 0 amide bonds. The Morgan fingerprint density at radius 3 is 2.62 bits per heavy atom. The maximum atomic E-state index is 12.3. The Morgan fingerprint density at radius 1 is 1.29 bits per heavy atom. The first kappa shape index (κ1) is 16.9. The van der Waals surface area contributed by atoms with Crippen molar-refractivity contribution in [3.05, 3.63) is 49.0 Å². The summed E-state index contributed by atoms with van der Waals surface area (Å²) in [6, 6.07) is 8.73. The lowest BCUT2D eigenvalue weighted by molar-refractivity contribution is -0.0498. The zero-order valence-electron chi connectivity index (χ0n) is 11.1. The predicted octanol–water partition coefficient (Wildman–Crippen LogP) is 5.57. The summed E-state index contributed by atoms with van der Waals surface area (Å²) in [5.41, 5.74) is 0.885. The molecule has 0 aliphatic heterocycles. The standard InChI is InChI=1S/C14H13Br2F2NOS/c1-2-19-12(11-7-10(15)13(16)21-11)8-4-3-5-9(6-8)20-14(17)18/h3-7,12,14,19H,2H2,1H3. The van der Waals surface area contributed by atoms with Crippen LogP contribution in [0.15, 0.2) is 38.6 Å². The van der Waals surface area contributed by atoms with Crippen LogP contribution < -0.4 is 10.1 Å². The summed E-state index contributed by atoms with van der Waals surface area (Å²) in [6.07, 6.45) is 0. The summed E-state index contributed by atoms with van der Waals surface area (Å²) >= 11 is 8.54. The lowest BCUT2D eigenvalue weighted by Crippen LogP contribution is -2.21. The van der Waals surface area contributed by atoms with Crippen LogP contribution in [0.25, 0.3) is 0 Å². The number of thiophene rings is 1. The predicted molar refractivity (Wildman–Crippen MR) is 88.3 cm³/mol. The minimum Gasteiger partial charge on any atom is -0.435 e. The van der Waals surface area contributed by atoms with E-state index < -0.39 is 6.61 Å². The Morgan fingerprint density at radius 2 is 2.05 bits per heavy atom. The van der Waals surface area contributed by atoms with Crippen molar-refractivity contribution in [3.8, 4) is 5.75 Å². The summed E-state index contributed by atoms with van der Waals surface area (Å²) in [4.78, 5) is 1.09. The Balaban J connectivity index is 2.33. The molecule has 0 bridgehead atoms. The highest BCUT2D eigenvalue weighted by molar-refractivity contribution is 9.13. The van der Waals surface area contributed by atoms with Crippen molar-refractivity contribution in [1.82, 2.24) is 5.32 Å². The third kappa shape index (κ3) is 4.48. The van der Waals surface area contributed by atoms with Gasteiger partial charge in [0.05, 0.1) is 9.83 Å².